The van der Waals surface area contributed by atoms with Crippen molar-refractivity contribution in [1.29, 1.82) is 0 Å². The van der Waals surface area contributed by atoms with Crippen molar-refractivity contribution in [3.63, 3.8) is 0 Å². The largest absolute Gasteiger partial charge is 0.481 e. The van der Waals surface area contributed by atoms with Crippen LogP contribution in [0.25, 0.3) is 0 Å². The summed E-state index contributed by atoms with van der Waals surface area (Å²) in [6.45, 7) is 8.12. The normalized spacial score (nSPS) is 25.1. The molecule has 5 heteroatoms. The number of aliphatic carboxylic acids is 1. The van der Waals surface area contributed by atoms with Gasteiger partial charge in [0.25, 0.3) is 0 Å². The second-order valence-electron chi connectivity index (χ2n) is 6.72. The zero-order valence-corrected chi connectivity index (χ0v) is 13.1. The maximum Gasteiger partial charge on any atom is 0.305 e. The maximum absolute atomic E-state index is 12.3. The lowest BCUT2D eigenvalue weighted by Crippen LogP contribution is -2.47. The molecule has 110 valence electrons. The summed E-state index contributed by atoms with van der Waals surface area (Å²) in [6, 6.07) is -0.289. The van der Waals surface area contributed by atoms with Crippen molar-refractivity contribution in [3.05, 3.63) is 0 Å². The summed E-state index contributed by atoms with van der Waals surface area (Å²) in [4.78, 5) is 23.2. The van der Waals surface area contributed by atoms with E-state index >= 15 is 0 Å². The van der Waals surface area contributed by atoms with E-state index in [1.165, 1.54) is 0 Å². The van der Waals surface area contributed by atoms with Crippen molar-refractivity contribution in [2.24, 2.45) is 5.41 Å². The fourth-order valence-electron chi connectivity index (χ4n) is 2.42. The van der Waals surface area contributed by atoms with Gasteiger partial charge in [-0.05, 0) is 37.4 Å². The van der Waals surface area contributed by atoms with Crippen LogP contribution in [0.4, 0.5) is 0 Å². The van der Waals surface area contributed by atoms with E-state index in [1.54, 1.807) is 11.8 Å². The Balaban J connectivity index is 2.65. The molecule has 19 heavy (non-hydrogen) atoms. The van der Waals surface area contributed by atoms with Crippen LogP contribution in [0.5, 0.6) is 0 Å². The first-order valence-corrected chi connectivity index (χ1v) is 7.78. The minimum Gasteiger partial charge on any atom is -0.481 e. The Labute approximate surface area is 119 Å². The van der Waals surface area contributed by atoms with Gasteiger partial charge in [0.2, 0.25) is 5.91 Å². The predicted octanol–water partition coefficient (Wildman–Crippen LogP) is 2.67. The van der Waals surface area contributed by atoms with Crippen LogP contribution in [0, 0.1) is 5.41 Å². The van der Waals surface area contributed by atoms with E-state index < -0.39 is 5.97 Å². The molecule has 1 heterocycles. The number of hydrogen-bond acceptors (Lipinski definition) is 3. The predicted molar refractivity (Wildman–Crippen MR) is 78.4 cm³/mol. The Bertz CT molecular complexity index is 343. The molecule has 0 aromatic carbocycles. The van der Waals surface area contributed by atoms with Gasteiger partial charge in [0.1, 0.15) is 0 Å². The summed E-state index contributed by atoms with van der Waals surface area (Å²) >= 11 is 1.67. The van der Waals surface area contributed by atoms with Crippen molar-refractivity contribution in [3.8, 4) is 0 Å². The Morgan fingerprint density at radius 1 is 1.42 bits per heavy atom. The van der Waals surface area contributed by atoms with E-state index in [4.69, 9.17) is 5.11 Å². The number of rotatable bonds is 5. The molecule has 2 N–H and O–H groups in total. The molecule has 0 saturated carbocycles. The average molecular weight is 287 g/mol. The molecule has 0 radical (unpaired) electrons. The monoisotopic (exact) mass is 287 g/mol. The van der Waals surface area contributed by atoms with E-state index in [0.717, 1.165) is 18.6 Å². The van der Waals surface area contributed by atoms with Crippen LogP contribution in [0.15, 0.2) is 0 Å². The Morgan fingerprint density at radius 3 is 2.47 bits per heavy atom. The summed E-state index contributed by atoms with van der Waals surface area (Å²) in [5.41, 5.74) is -0.00286. The molecule has 1 aliphatic heterocycles. The molecule has 1 fully saturated rings. The fourth-order valence-corrected chi connectivity index (χ4v) is 3.64. The number of amides is 1. The van der Waals surface area contributed by atoms with Gasteiger partial charge in [0.05, 0.1) is 11.2 Å². The molecule has 0 aromatic heterocycles. The lowest BCUT2D eigenvalue weighted by Gasteiger charge is -2.29. The first-order valence-electron chi connectivity index (χ1n) is 6.79. The molecule has 0 aliphatic carbocycles. The highest BCUT2D eigenvalue weighted by Gasteiger charge is 2.38. The highest BCUT2D eigenvalue weighted by atomic mass is 32.2. The first kappa shape index (κ1) is 16.3. The molecule has 1 rings (SSSR count). The van der Waals surface area contributed by atoms with Crippen LogP contribution < -0.4 is 5.32 Å². The quantitative estimate of drug-likeness (QED) is 0.816. The maximum atomic E-state index is 12.3. The van der Waals surface area contributed by atoms with Gasteiger partial charge in [0.15, 0.2) is 0 Å². The van der Waals surface area contributed by atoms with Crippen molar-refractivity contribution in [2.75, 3.05) is 5.75 Å². The minimum absolute atomic E-state index is 0.00286. The van der Waals surface area contributed by atoms with Crippen LogP contribution in [0.3, 0.4) is 0 Å². The van der Waals surface area contributed by atoms with Gasteiger partial charge in [-0.1, -0.05) is 20.8 Å². The molecule has 1 amide bonds. The third-order valence-corrected chi connectivity index (χ3v) is 4.83. The van der Waals surface area contributed by atoms with Gasteiger partial charge < -0.3 is 10.4 Å². The lowest BCUT2D eigenvalue weighted by molar-refractivity contribution is -0.138. The van der Waals surface area contributed by atoms with Crippen molar-refractivity contribution in [2.45, 2.75) is 64.2 Å². The third-order valence-electron chi connectivity index (χ3n) is 3.31. The molecule has 2 atom stereocenters. The van der Waals surface area contributed by atoms with Crippen LogP contribution in [-0.2, 0) is 9.59 Å². The van der Waals surface area contributed by atoms with Crippen LogP contribution in [-0.4, -0.2) is 33.5 Å². The van der Waals surface area contributed by atoms with Gasteiger partial charge in [-0.2, -0.15) is 0 Å². The summed E-state index contributed by atoms with van der Waals surface area (Å²) in [5.74, 6) is 0.136. The van der Waals surface area contributed by atoms with Crippen LogP contribution in [0.1, 0.15) is 53.4 Å². The molecule has 0 aromatic rings. The van der Waals surface area contributed by atoms with Gasteiger partial charge in [-0.3, -0.25) is 9.59 Å². The number of carbonyl (C=O) groups is 2. The summed E-state index contributed by atoms with van der Waals surface area (Å²) in [6.07, 6.45) is 2.59. The summed E-state index contributed by atoms with van der Waals surface area (Å²) in [7, 11) is 0. The smallest absolute Gasteiger partial charge is 0.305 e. The molecule has 2 unspecified atom stereocenters. The fraction of sp³-hybridized carbons (Fsp3) is 0.857. The molecular weight excluding hydrogens is 262 g/mol. The highest BCUT2D eigenvalue weighted by molar-refractivity contribution is 8.01. The average Bonchev–Trinajstić information content (AvgIpc) is 2.62. The SMILES string of the molecule is CC(C)(C)CC(CC(=O)O)NC(=O)C1(C)CCCS1. The Hall–Kier alpha value is -0.710. The third kappa shape index (κ3) is 5.43. The second-order valence-corrected chi connectivity index (χ2v) is 8.31. The van der Waals surface area contributed by atoms with E-state index in [9.17, 15) is 9.59 Å². The molecule has 0 bridgehead atoms. The number of carbonyl (C=O) groups excluding carboxylic acids is 1. The lowest BCUT2D eigenvalue weighted by atomic mass is 9.86. The second kappa shape index (κ2) is 6.16. The van der Waals surface area contributed by atoms with Gasteiger partial charge in [0, 0.05) is 6.04 Å². The van der Waals surface area contributed by atoms with Gasteiger partial charge in [-0.15, -0.1) is 11.8 Å². The number of thioether (sulfide) groups is 1. The topological polar surface area (TPSA) is 66.4 Å². The molecular formula is C14H25NO3S. The zero-order valence-electron chi connectivity index (χ0n) is 12.3. The first-order chi connectivity index (χ1) is 8.62. The van der Waals surface area contributed by atoms with Crippen LogP contribution >= 0.6 is 11.8 Å². The number of carboxylic acids is 1. The standard InChI is InChI=1S/C14H25NO3S/c1-13(2,3)9-10(8-11(16)17)15-12(18)14(4)6-5-7-19-14/h10H,5-9H2,1-4H3,(H,15,18)(H,16,17). The van der Waals surface area contributed by atoms with E-state index in [-0.39, 0.29) is 28.5 Å². The minimum atomic E-state index is -0.862. The van der Waals surface area contributed by atoms with E-state index in [0.29, 0.717) is 6.42 Å². The van der Waals surface area contributed by atoms with Gasteiger partial charge in [-0.25, -0.2) is 0 Å². The highest BCUT2D eigenvalue weighted by Crippen LogP contribution is 2.38. The summed E-state index contributed by atoms with van der Waals surface area (Å²) in [5, 5.41) is 11.9. The van der Waals surface area contributed by atoms with Crippen molar-refractivity contribution < 1.29 is 14.7 Å². The Kier molecular flexibility index (Phi) is 5.30. The molecule has 0 spiro atoms. The summed E-state index contributed by atoms with van der Waals surface area (Å²) < 4.78 is -0.380. The molecule has 1 aliphatic rings. The zero-order chi connectivity index (χ0) is 14.7. The number of hydrogen-bond donors (Lipinski definition) is 2. The molecule has 1 saturated heterocycles. The number of carboxylic acid groups (broad SMARTS) is 1. The molecule has 4 nitrogen and oxygen atoms in total. The van der Waals surface area contributed by atoms with E-state index in [2.05, 4.69) is 26.1 Å². The Morgan fingerprint density at radius 2 is 2.05 bits per heavy atom. The van der Waals surface area contributed by atoms with E-state index in [1.807, 2.05) is 6.92 Å². The van der Waals surface area contributed by atoms with Gasteiger partial charge >= 0.3 is 5.97 Å². The number of nitrogens with one attached hydrogen (secondary N) is 1. The van der Waals surface area contributed by atoms with Crippen LogP contribution in [0.2, 0.25) is 0 Å². The van der Waals surface area contributed by atoms with Crippen molar-refractivity contribution >= 4 is 23.6 Å². The van der Waals surface area contributed by atoms with Crippen molar-refractivity contribution in [1.82, 2.24) is 5.32 Å².